The standard InChI is InChI=1S/C27H24N2O2S/c1-19-11-13-23(15-20(19)2)25-18-32-27(28-25)29-26(30)14-12-21-9-6-10-24(16-21)31-17-22-7-4-3-5-8-22/h3-16,18H,17H2,1-2H3,(H,28,29,30)/b14-12+. The molecule has 4 rings (SSSR count). The number of rotatable bonds is 7. The van der Waals surface area contributed by atoms with Crippen LogP contribution in [0.4, 0.5) is 5.13 Å². The minimum Gasteiger partial charge on any atom is -0.489 e. The zero-order valence-electron chi connectivity index (χ0n) is 18.0. The van der Waals surface area contributed by atoms with Crippen molar-refractivity contribution in [2.45, 2.75) is 20.5 Å². The molecule has 1 N–H and O–H groups in total. The average Bonchev–Trinajstić information content (AvgIpc) is 3.27. The fourth-order valence-electron chi connectivity index (χ4n) is 3.13. The van der Waals surface area contributed by atoms with E-state index in [1.807, 2.05) is 60.0 Å². The average molecular weight is 441 g/mol. The van der Waals surface area contributed by atoms with Gasteiger partial charge in [-0.25, -0.2) is 4.98 Å². The molecule has 0 radical (unpaired) electrons. The zero-order chi connectivity index (χ0) is 22.3. The van der Waals surface area contributed by atoms with Crippen molar-refractivity contribution in [2.75, 3.05) is 5.32 Å². The van der Waals surface area contributed by atoms with Gasteiger partial charge in [0.25, 0.3) is 0 Å². The Labute approximate surface area is 192 Å². The minimum absolute atomic E-state index is 0.221. The third-order valence-electron chi connectivity index (χ3n) is 5.07. The lowest BCUT2D eigenvalue weighted by molar-refractivity contribution is -0.111. The Kier molecular flexibility index (Phi) is 6.78. The van der Waals surface area contributed by atoms with Crippen LogP contribution in [-0.4, -0.2) is 10.9 Å². The number of nitrogens with zero attached hydrogens (tertiary/aromatic N) is 1. The number of nitrogens with one attached hydrogen (secondary N) is 1. The molecular weight excluding hydrogens is 416 g/mol. The molecule has 0 fully saturated rings. The van der Waals surface area contributed by atoms with E-state index in [4.69, 9.17) is 4.74 Å². The van der Waals surface area contributed by atoms with E-state index in [0.717, 1.165) is 28.1 Å². The summed E-state index contributed by atoms with van der Waals surface area (Å²) in [5.74, 6) is 0.538. The number of anilines is 1. The number of aromatic nitrogens is 1. The second-order valence-electron chi connectivity index (χ2n) is 7.51. The molecule has 0 saturated heterocycles. The highest BCUT2D eigenvalue weighted by Crippen LogP contribution is 2.26. The van der Waals surface area contributed by atoms with Gasteiger partial charge in [-0.1, -0.05) is 54.6 Å². The highest BCUT2D eigenvalue weighted by molar-refractivity contribution is 7.14. The van der Waals surface area contributed by atoms with Crippen LogP contribution in [0.3, 0.4) is 0 Å². The van der Waals surface area contributed by atoms with Crippen molar-refractivity contribution in [1.82, 2.24) is 4.98 Å². The molecule has 1 heterocycles. The fraction of sp³-hybridized carbons (Fsp3) is 0.111. The summed E-state index contributed by atoms with van der Waals surface area (Å²) >= 11 is 1.41. The smallest absolute Gasteiger partial charge is 0.250 e. The van der Waals surface area contributed by atoms with Gasteiger partial charge in [0.1, 0.15) is 12.4 Å². The van der Waals surface area contributed by atoms with Crippen LogP contribution in [0, 0.1) is 13.8 Å². The highest BCUT2D eigenvalue weighted by Gasteiger charge is 2.07. The zero-order valence-corrected chi connectivity index (χ0v) is 18.9. The Morgan fingerprint density at radius 3 is 2.66 bits per heavy atom. The first-order chi connectivity index (χ1) is 15.6. The van der Waals surface area contributed by atoms with Crippen molar-refractivity contribution in [3.63, 3.8) is 0 Å². The molecular formula is C27H24N2O2S. The first-order valence-electron chi connectivity index (χ1n) is 10.4. The fourth-order valence-corrected chi connectivity index (χ4v) is 3.85. The van der Waals surface area contributed by atoms with E-state index in [1.54, 1.807) is 6.08 Å². The molecule has 160 valence electrons. The molecule has 0 spiro atoms. The molecule has 0 aliphatic rings. The lowest BCUT2D eigenvalue weighted by Gasteiger charge is -2.06. The van der Waals surface area contributed by atoms with Gasteiger partial charge in [-0.2, -0.15) is 0 Å². The minimum atomic E-state index is -0.221. The molecule has 1 aromatic heterocycles. The summed E-state index contributed by atoms with van der Waals surface area (Å²) in [6.07, 6.45) is 3.27. The molecule has 0 atom stereocenters. The molecule has 0 aliphatic heterocycles. The quantitative estimate of drug-likeness (QED) is 0.327. The van der Waals surface area contributed by atoms with Gasteiger partial charge in [0.15, 0.2) is 5.13 Å². The van der Waals surface area contributed by atoms with Crippen LogP contribution in [0.25, 0.3) is 17.3 Å². The molecule has 0 bridgehead atoms. The Bertz CT molecular complexity index is 1250. The van der Waals surface area contributed by atoms with Crippen LogP contribution in [0.2, 0.25) is 0 Å². The monoisotopic (exact) mass is 440 g/mol. The maximum absolute atomic E-state index is 12.4. The summed E-state index contributed by atoms with van der Waals surface area (Å²) in [6, 6.07) is 23.9. The predicted molar refractivity (Wildman–Crippen MR) is 132 cm³/mol. The van der Waals surface area contributed by atoms with E-state index in [-0.39, 0.29) is 5.91 Å². The van der Waals surface area contributed by atoms with Crippen LogP contribution in [0.1, 0.15) is 22.3 Å². The van der Waals surface area contributed by atoms with E-state index in [2.05, 4.69) is 42.3 Å². The van der Waals surface area contributed by atoms with Crippen molar-refractivity contribution in [3.8, 4) is 17.0 Å². The summed E-state index contributed by atoms with van der Waals surface area (Å²) in [5.41, 5.74) is 6.38. The second-order valence-corrected chi connectivity index (χ2v) is 8.36. The lowest BCUT2D eigenvalue weighted by Crippen LogP contribution is -2.07. The van der Waals surface area contributed by atoms with Gasteiger partial charge in [0, 0.05) is 17.0 Å². The number of thiazole rings is 1. The number of ether oxygens (including phenoxy) is 1. The third kappa shape index (κ3) is 5.71. The normalized spacial score (nSPS) is 10.9. The lowest BCUT2D eigenvalue weighted by atomic mass is 10.1. The maximum Gasteiger partial charge on any atom is 0.250 e. The molecule has 0 unspecified atom stereocenters. The summed E-state index contributed by atoms with van der Waals surface area (Å²) in [6.45, 7) is 4.67. The Morgan fingerprint density at radius 1 is 1.00 bits per heavy atom. The van der Waals surface area contributed by atoms with Crippen molar-refractivity contribution in [3.05, 3.63) is 107 Å². The number of benzene rings is 3. The number of amides is 1. The molecule has 4 nitrogen and oxygen atoms in total. The predicted octanol–water partition coefficient (Wildman–Crippen LogP) is 6.66. The van der Waals surface area contributed by atoms with Crippen LogP contribution < -0.4 is 10.1 Å². The van der Waals surface area contributed by atoms with Crippen LogP contribution in [0.15, 0.2) is 84.3 Å². The molecule has 32 heavy (non-hydrogen) atoms. The van der Waals surface area contributed by atoms with Gasteiger partial charge in [0.05, 0.1) is 5.69 Å². The van der Waals surface area contributed by atoms with E-state index < -0.39 is 0 Å². The largest absolute Gasteiger partial charge is 0.489 e. The van der Waals surface area contributed by atoms with Crippen LogP contribution >= 0.6 is 11.3 Å². The Hall–Kier alpha value is -3.70. The van der Waals surface area contributed by atoms with Crippen LogP contribution in [-0.2, 0) is 11.4 Å². The summed E-state index contributed by atoms with van der Waals surface area (Å²) in [5, 5.41) is 5.37. The van der Waals surface area contributed by atoms with E-state index in [9.17, 15) is 4.79 Å². The summed E-state index contributed by atoms with van der Waals surface area (Å²) in [7, 11) is 0. The molecule has 0 aliphatic carbocycles. The molecule has 1 amide bonds. The van der Waals surface area contributed by atoms with Gasteiger partial charge in [-0.3, -0.25) is 10.1 Å². The van der Waals surface area contributed by atoms with Gasteiger partial charge < -0.3 is 4.74 Å². The van der Waals surface area contributed by atoms with Crippen molar-refractivity contribution in [1.29, 1.82) is 0 Å². The molecule has 0 saturated carbocycles. The SMILES string of the molecule is Cc1ccc(-c2csc(NC(=O)/C=C/c3cccc(OCc4ccccc4)c3)n2)cc1C. The topological polar surface area (TPSA) is 51.2 Å². The van der Waals surface area contributed by atoms with Crippen molar-refractivity contribution < 1.29 is 9.53 Å². The van der Waals surface area contributed by atoms with E-state index in [1.165, 1.54) is 28.5 Å². The number of carbonyl (C=O) groups excluding carboxylic acids is 1. The van der Waals surface area contributed by atoms with Gasteiger partial charge >= 0.3 is 0 Å². The molecule has 3 aromatic carbocycles. The maximum atomic E-state index is 12.4. The number of carbonyl (C=O) groups is 1. The second kappa shape index (κ2) is 10.1. The Balaban J connectivity index is 1.35. The van der Waals surface area contributed by atoms with Crippen molar-refractivity contribution >= 4 is 28.5 Å². The van der Waals surface area contributed by atoms with Gasteiger partial charge in [-0.05, 0) is 60.4 Å². The highest BCUT2D eigenvalue weighted by atomic mass is 32.1. The van der Waals surface area contributed by atoms with E-state index >= 15 is 0 Å². The number of aryl methyl sites for hydroxylation is 2. The third-order valence-corrected chi connectivity index (χ3v) is 5.83. The molecule has 5 heteroatoms. The van der Waals surface area contributed by atoms with Gasteiger partial charge in [0.2, 0.25) is 5.91 Å². The van der Waals surface area contributed by atoms with Crippen LogP contribution in [0.5, 0.6) is 5.75 Å². The molecule has 4 aromatic rings. The Morgan fingerprint density at radius 2 is 1.84 bits per heavy atom. The van der Waals surface area contributed by atoms with Crippen molar-refractivity contribution in [2.24, 2.45) is 0 Å². The summed E-state index contributed by atoms with van der Waals surface area (Å²) in [4.78, 5) is 16.9. The first kappa shape index (κ1) is 21.5. The summed E-state index contributed by atoms with van der Waals surface area (Å²) < 4.78 is 5.85. The first-order valence-corrected chi connectivity index (χ1v) is 11.2. The van der Waals surface area contributed by atoms with Gasteiger partial charge in [-0.15, -0.1) is 11.3 Å². The number of hydrogen-bond acceptors (Lipinski definition) is 4. The number of hydrogen-bond donors (Lipinski definition) is 1. The van der Waals surface area contributed by atoms with E-state index in [0.29, 0.717) is 11.7 Å².